The average molecular weight is 414 g/mol. The number of nitrogens with zero attached hydrogens (tertiary/aromatic N) is 5. The fraction of sp³-hybridized carbons (Fsp3) is 0.320. The summed E-state index contributed by atoms with van der Waals surface area (Å²) in [6.07, 6.45) is 2.27. The van der Waals surface area contributed by atoms with Crippen LogP contribution in [0.4, 0.5) is 5.82 Å². The number of pyridine rings is 1. The van der Waals surface area contributed by atoms with E-state index in [1.54, 1.807) is 4.90 Å². The van der Waals surface area contributed by atoms with Crippen molar-refractivity contribution in [2.45, 2.75) is 32.9 Å². The number of amides is 1. The van der Waals surface area contributed by atoms with Crippen LogP contribution in [0.2, 0.25) is 0 Å². The van der Waals surface area contributed by atoms with Crippen LogP contribution in [-0.2, 0) is 13.1 Å². The molecule has 2 aromatic heterocycles. The number of fused-ring (bicyclic) bond motifs is 2. The molecule has 158 valence electrons. The summed E-state index contributed by atoms with van der Waals surface area (Å²) in [6, 6.07) is 18.1. The first-order chi connectivity index (χ1) is 15.2. The second-order valence-electron chi connectivity index (χ2n) is 8.17. The largest absolute Gasteiger partial charge is 0.356 e. The maximum Gasteiger partial charge on any atom is 0.257 e. The van der Waals surface area contributed by atoms with Gasteiger partial charge < -0.3 is 14.4 Å². The van der Waals surface area contributed by atoms with Crippen LogP contribution >= 0.6 is 0 Å². The molecule has 1 amide bonds. The molecule has 0 radical (unpaired) electrons. The Balaban J connectivity index is 1.51. The summed E-state index contributed by atoms with van der Waals surface area (Å²) in [5, 5.41) is 0.989. The van der Waals surface area contributed by atoms with Gasteiger partial charge in [0.25, 0.3) is 5.91 Å². The van der Waals surface area contributed by atoms with E-state index >= 15 is 0 Å². The van der Waals surface area contributed by atoms with Crippen LogP contribution in [-0.4, -0.2) is 45.5 Å². The number of carbonyl (C=O) groups is 1. The van der Waals surface area contributed by atoms with Crippen molar-refractivity contribution < 1.29 is 4.79 Å². The minimum atomic E-state index is -0.0186. The highest BCUT2D eigenvalue weighted by Gasteiger charge is 2.25. The molecule has 0 N–H and O–H groups in total. The molecule has 1 fully saturated rings. The molecule has 0 unspecified atom stereocenters. The van der Waals surface area contributed by atoms with Crippen LogP contribution in [0, 0.1) is 0 Å². The van der Waals surface area contributed by atoms with Crippen LogP contribution < -0.4 is 4.90 Å². The molecule has 31 heavy (non-hydrogen) atoms. The number of aryl methyl sites for hydroxylation is 1. The van der Waals surface area contributed by atoms with Crippen molar-refractivity contribution in [3.63, 3.8) is 0 Å². The van der Waals surface area contributed by atoms with Crippen molar-refractivity contribution in [2.75, 3.05) is 25.0 Å². The second-order valence-corrected chi connectivity index (χ2v) is 8.17. The number of anilines is 1. The lowest BCUT2D eigenvalue weighted by Gasteiger charge is -2.23. The molecule has 3 heterocycles. The van der Waals surface area contributed by atoms with E-state index in [9.17, 15) is 4.79 Å². The summed E-state index contributed by atoms with van der Waals surface area (Å²) < 4.78 is 2.18. The lowest BCUT2D eigenvalue weighted by molar-refractivity contribution is 0.0780. The molecule has 5 rings (SSSR count). The highest BCUT2D eigenvalue weighted by atomic mass is 16.2. The summed E-state index contributed by atoms with van der Waals surface area (Å²) in [4.78, 5) is 27.3. The van der Waals surface area contributed by atoms with Gasteiger partial charge in [-0.15, -0.1) is 0 Å². The molecule has 0 spiro atoms. The van der Waals surface area contributed by atoms with Crippen LogP contribution in [0.1, 0.15) is 35.9 Å². The molecule has 0 saturated carbocycles. The van der Waals surface area contributed by atoms with E-state index < -0.39 is 0 Å². The Morgan fingerprint density at radius 2 is 1.71 bits per heavy atom. The molecular formula is C25H27N5O. The Morgan fingerprint density at radius 3 is 2.48 bits per heavy atom. The highest BCUT2D eigenvalue weighted by Crippen LogP contribution is 2.28. The van der Waals surface area contributed by atoms with E-state index in [4.69, 9.17) is 9.97 Å². The van der Waals surface area contributed by atoms with Crippen molar-refractivity contribution in [3.8, 4) is 0 Å². The quantitative estimate of drug-likeness (QED) is 0.484. The van der Waals surface area contributed by atoms with Crippen LogP contribution in [0.25, 0.3) is 21.9 Å². The Labute approximate surface area is 182 Å². The molecule has 6 heteroatoms. The zero-order valence-corrected chi connectivity index (χ0v) is 18.1. The topological polar surface area (TPSA) is 54.3 Å². The Bertz CT molecular complexity index is 1260. The van der Waals surface area contributed by atoms with E-state index in [1.807, 2.05) is 55.6 Å². The second kappa shape index (κ2) is 8.02. The van der Waals surface area contributed by atoms with Gasteiger partial charge in [-0.2, -0.15) is 0 Å². The van der Waals surface area contributed by atoms with Crippen molar-refractivity contribution in [1.29, 1.82) is 0 Å². The van der Waals surface area contributed by atoms with Gasteiger partial charge in [0.05, 0.1) is 28.7 Å². The molecule has 0 bridgehead atoms. The van der Waals surface area contributed by atoms with Gasteiger partial charge in [0.2, 0.25) is 0 Å². The van der Waals surface area contributed by atoms with Gasteiger partial charge in [-0.3, -0.25) is 4.79 Å². The molecule has 1 saturated heterocycles. The smallest absolute Gasteiger partial charge is 0.257 e. The van der Waals surface area contributed by atoms with Crippen LogP contribution in [0.5, 0.6) is 0 Å². The van der Waals surface area contributed by atoms with Crippen molar-refractivity contribution in [1.82, 2.24) is 19.4 Å². The fourth-order valence-corrected chi connectivity index (χ4v) is 4.52. The number of benzene rings is 2. The zero-order valence-electron chi connectivity index (χ0n) is 18.1. The monoisotopic (exact) mass is 413 g/mol. The van der Waals surface area contributed by atoms with Crippen LogP contribution in [0.3, 0.4) is 0 Å². The minimum Gasteiger partial charge on any atom is -0.356 e. The van der Waals surface area contributed by atoms with Gasteiger partial charge in [0.1, 0.15) is 11.6 Å². The predicted octanol–water partition coefficient (Wildman–Crippen LogP) is 4.48. The number of aromatic nitrogens is 3. The molecule has 0 atom stereocenters. The molecule has 6 nitrogen and oxygen atoms in total. The Hall–Kier alpha value is -3.41. The third-order valence-corrected chi connectivity index (χ3v) is 6.11. The molecule has 4 aromatic rings. The summed E-state index contributed by atoms with van der Waals surface area (Å²) in [5.74, 6) is 1.68. The number of hydrogen-bond donors (Lipinski definition) is 0. The van der Waals surface area contributed by atoms with Gasteiger partial charge in [-0.05, 0) is 44.0 Å². The average Bonchev–Trinajstić information content (AvgIpc) is 3.45. The zero-order chi connectivity index (χ0) is 21.4. The number of carbonyl (C=O) groups excluding carboxylic acids is 1. The molecular weight excluding hydrogens is 386 g/mol. The van der Waals surface area contributed by atoms with Crippen molar-refractivity contribution in [3.05, 3.63) is 66.0 Å². The summed E-state index contributed by atoms with van der Waals surface area (Å²) in [6.45, 7) is 5.27. The van der Waals surface area contributed by atoms with Crippen molar-refractivity contribution >= 4 is 33.7 Å². The van der Waals surface area contributed by atoms with E-state index in [0.717, 1.165) is 66.1 Å². The maximum absolute atomic E-state index is 13.6. The fourth-order valence-electron chi connectivity index (χ4n) is 4.52. The normalized spacial score (nSPS) is 13.9. The van der Waals surface area contributed by atoms with Gasteiger partial charge in [0.15, 0.2) is 0 Å². The van der Waals surface area contributed by atoms with E-state index in [1.165, 1.54) is 0 Å². The summed E-state index contributed by atoms with van der Waals surface area (Å²) in [7, 11) is 1.85. The molecule has 0 aliphatic carbocycles. The van der Waals surface area contributed by atoms with Gasteiger partial charge in [0, 0.05) is 32.1 Å². The van der Waals surface area contributed by atoms with E-state index in [2.05, 4.69) is 22.5 Å². The minimum absolute atomic E-state index is 0.0186. The lowest BCUT2D eigenvalue weighted by Crippen LogP contribution is -2.30. The van der Waals surface area contributed by atoms with Gasteiger partial charge in [-0.25, -0.2) is 9.97 Å². The third-order valence-electron chi connectivity index (χ3n) is 6.11. The van der Waals surface area contributed by atoms with Gasteiger partial charge >= 0.3 is 0 Å². The number of imidazole rings is 1. The highest BCUT2D eigenvalue weighted by molar-refractivity contribution is 6.02. The number of hydrogen-bond acceptors (Lipinski definition) is 4. The molecule has 1 aliphatic heterocycles. The molecule has 1 aliphatic rings. The SMILES string of the molecule is CCn1c(CN(C)C(=O)c2cc3ccccc3nc2N2CCCC2)nc2ccccc21. The number of para-hydroxylation sites is 3. The van der Waals surface area contributed by atoms with Crippen molar-refractivity contribution in [2.24, 2.45) is 0 Å². The standard InChI is InChI=1S/C25H27N5O/c1-3-30-22-13-7-6-12-21(22)26-23(30)17-28(2)25(31)19-16-18-10-4-5-11-20(18)27-24(19)29-14-8-9-15-29/h4-7,10-13,16H,3,8-9,14-15,17H2,1-2H3. The summed E-state index contributed by atoms with van der Waals surface area (Å²) >= 11 is 0. The summed E-state index contributed by atoms with van der Waals surface area (Å²) in [5.41, 5.74) is 3.66. The third kappa shape index (κ3) is 3.52. The van der Waals surface area contributed by atoms with E-state index in [-0.39, 0.29) is 5.91 Å². The predicted molar refractivity (Wildman–Crippen MR) is 124 cm³/mol. The van der Waals surface area contributed by atoms with Gasteiger partial charge in [-0.1, -0.05) is 30.3 Å². The maximum atomic E-state index is 13.6. The van der Waals surface area contributed by atoms with E-state index in [0.29, 0.717) is 12.1 Å². The number of rotatable bonds is 5. The Kier molecular flexibility index (Phi) is 5.06. The first kappa shape index (κ1) is 19.5. The Morgan fingerprint density at radius 1 is 1.00 bits per heavy atom. The van der Waals surface area contributed by atoms with Crippen LogP contribution in [0.15, 0.2) is 54.6 Å². The first-order valence-electron chi connectivity index (χ1n) is 11.0. The molecule has 2 aromatic carbocycles. The first-order valence-corrected chi connectivity index (χ1v) is 11.0. The lowest BCUT2D eigenvalue weighted by atomic mass is 10.1.